The Morgan fingerprint density at radius 3 is 2.19 bits per heavy atom. The number of halogens is 1. The van der Waals surface area contributed by atoms with Crippen LogP contribution in [-0.4, -0.2) is 98.1 Å². The zero-order valence-corrected chi connectivity index (χ0v) is 29.5. The molecule has 4 aromatic rings. The summed E-state index contributed by atoms with van der Waals surface area (Å²) in [6.45, 7) is 16.2. The van der Waals surface area contributed by atoms with E-state index in [4.69, 9.17) is 19.2 Å². The maximum atomic E-state index is 13.9. The van der Waals surface area contributed by atoms with Gasteiger partial charge >= 0.3 is 12.2 Å². The van der Waals surface area contributed by atoms with E-state index in [9.17, 15) is 9.59 Å². The highest BCUT2D eigenvalue weighted by atomic mass is 79.9. The van der Waals surface area contributed by atoms with E-state index in [-0.39, 0.29) is 11.6 Å². The number of amides is 2. The number of benzene rings is 1. The van der Waals surface area contributed by atoms with E-state index in [0.717, 1.165) is 49.0 Å². The van der Waals surface area contributed by atoms with Crippen LogP contribution in [0.5, 0.6) is 0 Å². The molecular formula is C33H40BrN9O5. The van der Waals surface area contributed by atoms with Gasteiger partial charge in [-0.15, -0.1) is 0 Å². The summed E-state index contributed by atoms with van der Waals surface area (Å²) in [6, 6.07) is 8.33. The molecule has 2 saturated heterocycles. The molecule has 15 heteroatoms. The van der Waals surface area contributed by atoms with Gasteiger partial charge in [0.1, 0.15) is 22.6 Å². The van der Waals surface area contributed by atoms with Crippen molar-refractivity contribution >= 4 is 57.0 Å². The second-order valence-corrected chi connectivity index (χ2v) is 14.4. The normalized spacial score (nSPS) is 16.0. The summed E-state index contributed by atoms with van der Waals surface area (Å²) in [7, 11) is 0. The van der Waals surface area contributed by atoms with Crippen molar-refractivity contribution in [3.63, 3.8) is 0 Å². The Hall–Kier alpha value is -4.34. The molecule has 48 heavy (non-hydrogen) atoms. The first-order chi connectivity index (χ1) is 22.8. The fraction of sp³-hybridized carbons (Fsp3) is 0.455. The molecule has 2 aliphatic rings. The topological polar surface area (TPSA) is 131 Å². The van der Waals surface area contributed by atoms with E-state index < -0.39 is 23.4 Å². The lowest BCUT2D eigenvalue weighted by atomic mass is 10.1. The molecular weight excluding hydrogens is 682 g/mol. The minimum absolute atomic E-state index is 0.192. The van der Waals surface area contributed by atoms with Crippen molar-refractivity contribution < 1.29 is 23.8 Å². The van der Waals surface area contributed by atoms with Gasteiger partial charge in [-0.3, -0.25) is 9.88 Å². The summed E-state index contributed by atoms with van der Waals surface area (Å²) < 4.78 is 19.6. The van der Waals surface area contributed by atoms with Crippen molar-refractivity contribution in [1.29, 1.82) is 0 Å². The van der Waals surface area contributed by atoms with Gasteiger partial charge in [-0.05, 0) is 65.8 Å². The van der Waals surface area contributed by atoms with E-state index in [1.54, 1.807) is 43.8 Å². The molecule has 0 atom stereocenters. The van der Waals surface area contributed by atoms with Crippen molar-refractivity contribution in [3.05, 3.63) is 55.2 Å². The summed E-state index contributed by atoms with van der Waals surface area (Å²) >= 11 is 3.25. The van der Waals surface area contributed by atoms with Gasteiger partial charge in [0.05, 0.1) is 53.5 Å². The highest BCUT2D eigenvalue weighted by Crippen LogP contribution is 2.33. The van der Waals surface area contributed by atoms with E-state index in [1.807, 2.05) is 45.0 Å². The molecule has 6 rings (SSSR count). The number of fused-ring (bicyclic) bond motifs is 1. The van der Waals surface area contributed by atoms with Crippen molar-refractivity contribution in [3.8, 4) is 11.4 Å². The van der Waals surface area contributed by atoms with Crippen LogP contribution >= 0.6 is 16.1 Å². The molecule has 1 aromatic carbocycles. The molecule has 0 spiro atoms. The molecule has 0 radical (unpaired) electrons. The summed E-state index contributed by atoms with van der Waals surface area (Å²) in [4.78, 5) is 51.2. The molecule has 254 valence electrons. The predicted octanol–water partition coefficient (Wildman–Crippen LogP) is 5.83. The van der Waals surface area contributed by atoms with Crippen LogP contribution < -0.4 is 13.7 Å². The van der Waals surface area contributed by atoms with Crippen LogP contribution in [0.2, 0.25) is 0 Å². The fourth-order valence-corrected chi connectivity index (χ4v) is 5.61. The summed E-state index contributed by atoms with van der Waals surface area (Å²) in [5.74, 6) is 0.433. The van der Waals surface area contributed by atoms with Crippen molar-refractivity contribution in [1.82, 2.24) is 29.2 Å². The summed E-state index contributed by atoms with van der Waals surface area (Å²) in [6.07, 6.45) is 6.80. The SMILES string of the molecule is CC(C)(C)OC(=O)N(Br)c1cncc(-c2cn3ccnc3c(N(C(=O)OC(C)(C)C)c3ccc(N4CCN(C5COC5)CC4)cc3)n2)n1. The quantitative estimate of drug-likeness (QED) is 0.223. The first-order valence-electron chi connectivity index (χ1n) is 15.8. The Bertz CT molecular complexity index is 1770. The third kappa shape index (κ3) is 7.53. The highest BCUT2D eigenvalue weighted by Gasteiger charge is 2.31. The van der Waals surface area contributed by atoms with E-state index in [1.165, 1.54) is 17.3 Å². The van der Waals surface area contributed by atoms with Gasteiger partial charge in [-0.2, -0.15) is 3.93 Å². The number of aromatic nitrogens is 5. The van der Waals surface area contributed by atoms with E-state index in [0.29, 0.717) is 28.8 Å². The van der Waals surface area contributed by atoms with Gasteiger partial charge in [0.15, 0.2) is 17.3 Å². The number of piperazine rings is 1. The molecule has 0 aliphatic carbocycles. The number of hydrogen-bond acceptors (Lipinski definition) is 11. The smallest absolute Gasteiger partial charge is 0.426 e. The molecule has 0 unspecified atom stereocenters. The van der Waals surface area contributed by atoms with Crippen LogP contribution in [0.3, 0.4) is 0 Å². The average molecular weight is 723 g/mol. The first kappa shape index (κ1) is 33.6. The van der Waals surface area contributed by atoms with Crippen LogP contribution in [0, 0.1) is 0 Å². The summed E-state index contributed by atoms with van der Waals surface area (Å²) in [5.41, 5.74) is 1.32. The Kier molecular flexibility index (Phi) is 9.29. The predicted molar refractivity (Wildman–Crippen MR) is 185 cm³/mol. The van der Waals surface area contributed by atoms with Crippen molar-refractivity contribution in [2.45, 2.75) is 58.8 Å². The second kappa shape index (κ2) is 13.3. The van der Waals surface area contributed by atoms with Crippen LogP contribution in [0.25, 0.3) is 17.0 Å². The molecule has 3 aromatic heterocycles. The number of nitrogens with zero attached hydrogens (tertiary/aromatic N) is 9. The zero-order valence-electron chi connectivity index (χ0n) is 28.0. The number of anilines is 4. The van der Waals surface area contributed by atoms with Gasteiger partial charge < -0.3 is 23.5 Å². The highest BCUT2D eigenvalue weighted by molar-refractivity contribution is 9.10. The number of hydrogen-bond donors (Lipinski definition) is 0. The van der Waals surface area contributed by atoms with Gasteiger partial charge in [0.2, 0.25) is 0 Å². The van der Waals surface area contributed by atoms with Crippen LogP contribution in [-0.2, 0) is 14.2 Å². The largest absolute Gasteiger partial charge is 0.443 e. The fourth-order valence-electron chi connectivity index (χ4n) is 5.37. The van der Waals surface area contributed by atoms with Gasteiger partial charge in [-0.1, -0.05) is 0 Å². The van der Waals surface area contributed by atoms with Crippen LogP contribution in [0.1, 0.15) is 41.5 Å². The van der Waals surface area contributed by atoms with E-state index in [2.05, 4.69) is 40.9 Å². The maximum absolute atomic E-state index is 13.9. The molecule has 2 aliphatic heterocycles. The van der Waals surface area contributed by atoms with E-state index >= 15 is 0 Å². The van der Waals surface area contributed by atoms with Gasteiger partial charge in [0, 0.05) is 50.5 Å². The standard InChI is InChI=1S/C33H40BrN9O5/c1-32(2,3)47-30(44)42(23-9-7-22(8-10-23)39-13-15-40(16-14-39)24-20-46-21-24)29-28-36-11-12-41(28)19-26(38-29)25-17-35-18-27(37-25)43(34)31(45)48-33(4,5)6/h7-12,17-19,24H,13-16,20-21H2,1-6H3. The molecule has 0 bridgehead atoms. The Morgan fingerprint density at radius 1 is 0.896 bits per heavy atom. The number of rotatable bonds is 6. The monoisotopic (exact) mass is 721 g/mol. The van der Waals surface area contributed by atoms with Crippen LogP contribution in [0.4, 0.5) is 32.6 Å². The molecule has 14 nitrogen and oxygen atoms in total. The number of ether oxygens (including phenoxy) is 3. The summed E-state index contributed by atoms with van der Waals surface area (Å²) in [5, 5.41) is 0. The van der Waals surface area contributed by atoms with Crippen molar-refractivity contribution in [2.75, 3.05) is 53.1 Å². The lowest BCUT2D eigenvalue weighted by molar-refractivity contribution is -0.0660. The minimum atomic E-state index is -0.773. The second-order valence-electron chi connectivity index (χ2n) is 13.7. The lowest BCUT2D eigenvalue weighted by Gasteiger charge is -2.43. The third-order valence-corrected chi connectivity index (χ3v) is 8.36. The Labute approximate surface area is 288 Å². The average Bonchev–Trinajstić information content (AvgIpc) is 3.48. The molecule has 0 N–H and O–H groups in total. The Balaban J connectivity index is 1.34. The number of carbonyl (C=O) groups is 2. The van der Waals surface area contributed by atoms with Gasteiger partial charge in [-0.25, -0.2) is 29.4 Å². The van der Waals surface area contributed by atoms with Gasteiger partial charge in [0.25, 0.3) is 0 Å². The zero-order chi connectivity index (χ0) is 34.2. The molecule has 2 fully saturated rings. The van der Waals surface area contributed by atoms with Crippen molar-refractivity contribution in [2.24, 2.45) is 0 Å². The number of imidazole rings is 1. The Morgan fingerprint density at radius 2 is 1.56 bits per heavy atom. The first-order valence-corrected chi connectivity index (χ1v) is 16.5. The maximum Gasteiger partial charge on any atom is 0.426 e. The third-order valence-electron chi connectivity index (χ3n) is 7.71. The minimum Gasteiger partial charge on any atom is -0.443 e. The van der Waals surface area contributed by atoms with Crippen LogP contribution in [0.15, 0.2) is 55.2 Å². The molecule has 5 heterocycles. The molecule has 2 amide bonds. The lowest BCUT2D eigenvalue weighted by Crippen LogP contribution is -2.56. The molecule has 0 saturated carbocycles. The number of carbonyl (C=O) groups excluding carboxylic acids is 2.